The highest BCUT2D eigenvalue weighted by Gasteiger charge is 2.13. The Kier molecular flexibility index (Phi) is 2.41. The first kappa shape index (κ1) is 11.5. The Morgan fingerprint density at radius 2 is 1.79 bits per heavy atom. The van der Waals surface area contributed by atoms with Crippen LogP contribution in [0.4, 0.5) is 0 Å². The van der Waals surface area contributed by atoms with Gasteiger partial charge in [0.1, 0.15) is 0 Å². The number of fused-ring (bicyclic) bond motifs is 1. The number of para-hydroxylation sites is 1. The molecule has 1 aromatic carbocycles. The molecular formula is C14H13N3O2. The van der Waals surface area contributed by atoms with Gasteiger partial charge in [0.2, 0.25) is 0 Å². The van der Waals surface area contributed by atoms with Gasteiger partial charge >= 0.3 is 0 Å². The molecule has 5 nitrogen and oxygen atoms in total. The largest absolute Gasteiger partial charge is 0.295 e. The third-order valence-corrected chi connectivity index (χ3v) is 3.28. The van der Waals surface area contributed by atoms with Crippen molar-refractivity contribution in [3.8, 4) is 5.69 Å². The van der Waals surface area contributed by atoms with Crippen molar-refractivity contribution in [2.45, 2.75) is 6.92 Å². The normalized spacial score (nSPS) is 11.1. The number of pyridine rings is 1. The molecule has 96 valence electrons. The highest BCUT2D eigenvalue weighted by atomic mass is 16.1. The van der Waals surface area contributed by atoms with Crippen molar-refractivity contribution in [1.29, 1.82) is 0 Å². The fourth-order valence-electron chi connectivity index (χ4n) is 2.39. The van der Waals surface area contributed by atoms with E-state index in [9.17, 15) is 9.59 Å². The number of hydrogen-bond acceptors (Lipinski definition) is 2. The van der Waals surface area contributed by atoms with E-state index >= 15 is 0 Å². The molecule has 2 heterocycles. The van der Waals surface area contributed by atoms with Crippen LogP contribution in [0, 0.1) is 6.92 Å². The minimum Gasteiger partial charge on any atom is -0.295 e. The summed E-state index contributed by atoms with van der Waals surface area (Å²) < 4.78 is 2.93. The SMILES string of the molecule is Cc1c2c(=O)n(C)[nH]c2cc(=O)n1-c1ccccc1. The van der Waals surface area contributed by atoms with Crippen molar-refractivity contribution in [3.63, 3.8) is 0 Å². The van der Waals surface area contributed by atoms with Crippen LogP contribution >= 0.6 is 0 Å². The van der Waals surface area contributed by atoms with Crippen molar-refractivity contribution in [1.82, 2.24) is 14.3 Å². The van der Waals surface area contributed by atoms with Gasteiger partial charge in [-0.1, -0.05) is 18.2 Å². The minimum absolute atomic E-state index is 0.128. The molecule has 0 atom stereocenters. The Balaban J connectivity index is 2.48. The zero-order chi connectivity index (χ0) is 13.6. The third-order valence-electron chi connectivity index (χ3n) is 3.28. The summed E-state index contributed by atoms with van der Waals surface area (Å²) in [5.41, 5.74) is 1.70. The van der Waals surface area contributed by atoms with E-state index in [1.807, 2.05) is 30.3 Å². The van der Waals surface area contributed by atoms with Gasteiger partial charge < -0.3 is 0 Å². The van der Waals surface area contributed by atoms with Crippen LogP contribution < -0.4 is 11.1 Å². The summed E-state index contributed by atoms with van der Waals surface area (Å²) in [6, 6.07) is 10.8. The Morgan fingerprint density at radius 3 is 2.47 bits per heavy atom. The van der Waals surface area contributed by atoms with E-state index in [4.69, 9.17) is 0 Å². The predicted molar refractivity (Wildman–Crippen MR) is 73.9 cm³/mol. The molecular weight excluding hydrogens is 242 g/mol. The van der Waals surface area contributed by atoms with E-state index in [-0.39, 0.29) is 11.1 Å². The number of hydrogen-bond donors (Lipinski definition) is 1. The van der Waals surface area contributed by atoms with Crippen LogP contribution in [-0.2, 0) is 7.05 Å². The summed E-state index contributed by atoms with van der Waals surface area (Å²) in [5.74, 6) is 0. The number of nitrogens with zero attached hydrogens (tertiary/aromatic N) is 2. The monoisotopic (exact) mass is 255 g/mol. The second-order valence-electron chi connectivity index (χ2n) is 4.50. The predicted octanol–water partition coefficient (Wildman–Crippen LogP) is 1.33. The van der Waals surface area contributed by atoms with Crippen molar-refractivity contribution in [2.24, 2.45) is 7.05 Å². The van der Waals surface area contributed by atoms with Crippen LogP contribution in [0.1, 0.15) is 5.69 Å². The second kappa shape index (κ2) is 3.98. The molecule has 0 fully saturated rings. The fraction of sp³-hybridized carbons (Fsp3) is 0.143. The molecule has 1 N–H and O–H groups in total. The maximum atomic E-state index is 12.2. The van der Waals surface area contributed by atoms with Gasteiger partial charge in [0.15, 0.2) is 0 Å². The van der Waals surface area contributed by atoms with Crippen LogP contribution in [0.3, 0.4) is 0 Å². The van der Waals surface area contributed by atoms with E-state index in [2.05, 4.69) is 5.10 Å². The van der Waals surface area contributed by atoms with Crippen molar-refractivity contribution < 1.29 is 0 Å². The first-order chi connectivity index (χ1) is 9.09. The first-order valence-electron chi connectivity index (χ1n) is 5.96. The molecule has 5 heteroatoms. The van der Waals surface area contributed by atoms with Crippen molar-refractivity contribution >= 4 is 10.9 Å². The van der Waals surface area contributed by atoms with Gasteiger partial charge in [-0.15, -0.1) is 0 Å². The van der Waals surface area contributed by atoms with E-state index in [1.165, 1.54) is 10.7 Å². The summed E-state index contributed by atoms with van der Waals surface area (Å²) in [7, 11) is 1.64. The molecule has 0 unspecified atom stereocenters. The quantitative estimate of drug-likeness (QED) is 0.713. The lowest BCUT2D eigenvalue weighted by Gasteiger charge is -2.09. The van der Waals surface area contributed by atoms with E-state index in [0.717, 1.165) is 5.69 Å². The standard InChI is InChI=1S/C14H13N3O2/c1-9-13-11(15-16(2)14(13)19)8-12(18)17(9)10-6-4-3-5-7-10/h3-8,15H,1-2H3. The zero-order valence-electron chi connectivity index (χ0n) is 10.7. The first-order valence-corrected chi connectivity index (χ1v) is 5.96. The summed E-state index contributed by atoms with van der Waals surface area (Å²) in [6.07, 6.45) is 0. The lowest BCUT2D eigenvalue weighted by molar-refractivity contribution is 0.751. The molecule has 0 aliphatic carbocycles. The number of nitrogens with one attached hydrogen (secondary N) is 1. The Labute approximate surface area is 108 Å². The highest BCUT2D eigenvalue weighted by molar-refractivity contribution is 5.80. The summed E-state index contributed by atoms with van der Waals surface area (Å²) in [5, 5.41) is 3.43. The molecule has 0 saturated carbocycles. The fourth-order valence-corrected chi connectivity index (χ4v) is 2.39. The Morgan fingerprint density at radius 1 is 1.11 bits per heavy atom. The molecule has 0 saturated heterocycles. The lowest BCUT2D eigenvalue weighted by atomic mass is 10.2. The van der Waals surface area contributed by atoms with Crippen LogP contribution in [0.5, 0.6) is 0 Å². The summed E-state index contributed by atoms with van der Waals surface area (Å²) in [4.78, 5) is 24.3. The Bertz CT molecular complexity index is 869. The third kappa shape index (κ3) is 1.62. The van der Waals surface area contributed by atoms with Crippen LogP contribution in [0.15, 0.2) is 46.0 Å². The second-order valence-corrected chi connectivity index (χ2v) is 4.50. The number of rotatable bonds is 1. The van der Waals surface area contributed by atoms with Gasteiger partial charge in [0.25, 0.3) is 11.1 Å². The van der Waals surface area contributed by atoms with Crippen molar-refractivity contribution in [3.05, 3.63) is 62.8 Å². The number of benzene rings is 1. The maximum Gasteiger partial charge on any atom is 0.275 e. The zero-order valence-corrected chi connectivity index (χ0v) is 10.7. The van der Waals surface area contributed by atoms with E-state index in [1.54, 1.807) is 18.5 Å². The molecule has 3 aromatic rings. The average Bonchev–Trinajstić information content (AvgIpc) is 2.66. The lowest BCUT2D eigenvalue weighted by Crippen LogP contribution is -2.21. The molecule has 0 aliphatic rings. The number of aromatic amines is 1. The molecule has 0 bridgehead atoms. The molecule has 0 radical (unpaired) electrons. The van der Waals surface area contributed by atoms with Gasteiger partial charge in [-0.05, 0) is 19.1 Å². The molecule has 0 aliphatic heterocycles. The molecule has 2 aromatic heterocycles. The maximum absolute atomic E-state index is 12.2. The van der Waals surface area contributed by atoms with E-state index < -0.39 is 0 Å². The van der Waals surface area contributed by atoms with Crippen LogP contribution in [-0.4, -0.2) is 14.3 Å². The van der Waals surface area contributed by atoms with Crippen LogP contribution in [0.2, 0.25) is 0 Å². The average molecular weight is 255 g/mol. The Hall–Kier alpha value is -2.56. The molecule has 3 rings (SSSR count). The molecule has 19 heavy (non-hydrogen) atoms. The number of aromatic nitrogens is 3. The van der Waals surface area contributed by atoms with Gasteiger partial charge in [-0.3, -0.25) is 23.9 Å². The molecule has 0 spiro atoms. The van der Waals surface area contributed by atoms with Gasteiger partial charge in [-0.25, -0.2) is 0 Å². The van der Waals surface area contributed by atoms with Gasteiger partial charge in [-0.2, -0.15) is 0 Å². The number of aryl methyl sites for hydroxylation is 2. The minimum atomic E-state index is -0.155. The summed E-state index contributed by atoms with van der Waals surface area (Å²) in [6.45, 7) is 1.78. The van der Waals surface area contributed by atoms with Gasteiger partial charge in [0.05, 0.1) is 10.9 Å². The topological polar surface area (TPSA) is 59.8 Å². The van der Waals surface area contributed by atoms with E-state index in [0.29, 0.717) is 16.6 Å². The molecule has 0 amide bonds. The highest BCUT2D eigenvalue weighted by Crippen LogP contribution is 2.14. The van der Waals surface area contributed by atoms with Gasteiger partial charge in [0, 0.05) is 24.5 Å². The summed E-state index contributed by atoms with van der Waals surface area (Å²) >= 11 is 0. The number of H-pyrrole nitrogens is 1. The van der Waals surface area contributed by atoms with Crippen molar-refractivity contribution in [2.75, 3.05) is 0 Å². The smallest absolute Gasteiger partial charge is 0.275 e. The van der Waals surface area contributed by atoms with Crippen LogP contribution in [0.25, 0.3) is 16.6 Å².